The summed E-state index contributed by atoms with van der Waals surface area (Å²) < 4.78 is 33.0. The molecule has 0 saturated heterocycles. The Kier molecular flexibility index (Phi) is 3.87. The predicted molar refractivity (Wildman–Crippen MR) is 81.2 cm³/mol. The summed E-state index contributed by atoms with van der Waals surface area (Å²) in [7, 11) is -3.54. The van der Waals surface area contributed by atoms with Gasteiger partial charge in [0, 0.05) is 6.20 Å². The van der Waals surface area contributed by atoms with E-state index >= 15 is 0 Å². The van der Waals surface area contributed by atoms with E-state index in [-0.39, 0.29) is 12.1 Å². The van der Waals surface area contributed by atoms with Crippen molar-refractivity contribution in [1.82, 2.24) is 4.31 Å². The second-order valence-electron chi connectivity index (χ2n) is 5.41. The molecule has 21 heavy (non-hydrogen) atoms. The van der Waals surface area contributed by atoms with Gasteiger partial charge in [0.2, 0.25) is 0 Å². The van der Waals surface area contributed by atoms with Crippen LogP contribution in [0.25, 0.3) is 0 Å². The number of aryl methyl sites for hydroxylation is 1. The first kappa shape index (κ1) is 14.4. The van der Waals surface area contributed by atoms with Gasteiger partial charge in [0.25, 0.3) is 10.0 Å². The quantitative estimate of drug-likeness (QED) is 0.789. The van der Waals surface area contributed by atoms with Crippen LogP contribution < -0.4 is 0 Å². The summed E-state index contributed by atoms with van der Waals surface area (Å²) in [6.07, 6.45) is 8.87. The molecule has 0 bridgehead atoms. The summed E-state index contributed by atoms with van der Waals surface area (Å²) >= 11 is 0. The first-order valence-corrected chi connectivity index (χ1v) is 8.56. The summed E-state index contributed by atoms with van der Waals surface area (Å²) in [6, 6.07) is 6.81. The van der Waals surface area contributed by atoms with Gasteiger partial charge in [-0.3, -0.25) is 4.31 Å². The molecule has 4 nitrogen and oxygen atoms in total. The summed E-state index contributed by atoms with van der Waals surface area (Å²) in [5.41, 5.74) is 1.04. The highest BCUT2D eigenvalue weighted by Gasteiger charge is 2.35. The van der Waals surface area contributed by atoms with E-state index in [2.05, 4.69) is 6.08 Å². The van der Waals surface area contributed by atoms with Crippen LogP contribution in [0.4, 0.5) is 0 Å². The third-order valence-electron chi connectivity index (χ3n) is 3.92. The SMILES string of the molecule is Cc1ccc(S(=O)(=O)N2C=CCOC3CC=CCC32)cc1. The van der Waals surface area contributed by atoms with Crippen molar-refractivity contribution in [1.29, 1.82) is 0 Å². The smallest absolute Gasteiger partial charge is 0.264 e. The van der Waals surface area contributed by atoms with Crippen LogP contribution in [0, 0.1) is 6.92 Å². The molecule has 0 aromatic heterocycles. The first-order valence-electron chi connectivity index (χ1n) is 7.12. The van der Waals surface area contributed by atoms with Crippen LogP contribution in [0.1, 0.15) is 18.4 Å². The Morgan fingerprint density at radius 1 is 1.10 bits per heavy atom. The molecule has 0 amide bonds. The van der Waals surface area contributed by atoms with Crippen molar-refractivity contribution in [3.8, 4) is 0 Å². The zero-order valence-electron chi connectivity index (χ0n) is 12.0. The van der Waals surface area contributed by atoms with E-state index in [1.54, 1.807) is 24.4 Å². The van der Waals surface area contributed by atoms with E-state index < -0.39 is 10.0 Å². The maximum Gasteiger partial charge on any atom is 0.264 e. The Bertz CT molecular complexity index is 661. The Hall–Kier alpha value is -1.59. The van der Waals surface area contributed by atoms with Crippen molar-refractivity contribution in [3.05, 3.63) is 54.3 Å². The number of hydrogen-bond donors (Lipinski definition) is 0. The molecule has 2 unspecified atom stereocenters. The first-order chi connectivity index (χ1) is 10.1. The molecule has 0 N–H and O–H groups in total. The van der Waals surface area contributed by atoms with Gasteiger partial charge < -0.3 is 4.74 Å². The van der Waals surface area contributed by atoms with Gasteiger partial charge >= 0.3 is 0 Å². The van der Waals surface area contributed by atoms with Crippen LogP contribution in [0.2, 0.25) is 0 Å². The van der Waals surface area contributed by atoms with Crippen LogP contribution >= 0.6 is 0 Å². The number of rotatable bonds is 2. The minimum absolute atomic E-state index is 0.0785. The van der Waals surface area contributed by atoms with Gasteiger partial charge in [0.1, 0.15) is 0 Å². The molecule has 3 rings (SSSR count). The van der Waals surface area contributed by atoms with E-state index in [0.717, 1.165) is 12.0 Å². The average molecular weight is 305 g/mol. The monoisotopic (exact) mass is 305 g/mol. The van der Waals surface area contributed by atoms with Gasteiger partial charge in [0.15, 0.2) is 0 Å². The minimum atomic E-state index is -3.54. The molecule has 1 aromatic carbocycles. The molecule has 0 spiro atoms. The molecule has 2 atom stereocenters. The fourth-order valence-electron chi connectivity index (χ4n) is 2.75. The maximum atomic E-state index is 12.9. The summed E-state index contributed by atoms with van der Waals surface area (Å²) in [5.74, 6) is 0. The van der Waals surface area contributed by atoms with Gasteiger partial charge in [-0.1, -0.05) is 29.8 Å². The van der Waals surface area contributed by atoms with Crippen molar-refractivity contribution in [3.63, 3.8) is 0 Å². The highest BCUT2D eigenvalue weighted by Crippen LogP contribution is 2.29. The second-order valence-corrected chi connectivity index (χ2v) is 7.26. The zero-order valence-corrected chi connectivity index (χ0v) is 12.8. The third-order valence-corrected chi connectivity index (χ3v) is 5.74. The van der Waals surface area contributed by atoms with E-state index in [9.17, 15) is 8.42 Å². The molecular weight excluding hydrogens is 286 g/mol. The lowest BCUT2D eigenvalue weighted by Gasteiger charge is -2.34. The van der Waals surface area contributed by atoms with E-state index in [1.807, 2.05) is 25.1 Å². The highest BCUT2D eigenvalue weighted by molar-refractivity contribution is 7.89. The molecule has 0 saturated carbocycles. The number of fused-ring (bicyclic) bond motifs is 1. The lowest BCUT2D eigenvalue weighted by Crippen LogP contribution is -2.44. The van der Waals surface area contributed by atoms with Crippen molar-refractivity contribution in [2.45, 2.75) is 36.8 Å². The molecular formula is C16H19NO3S. The molecule has 5 heteroatoms. The minimum Gasteiger partial charge on any atom is -0.372 e. The molecule has 0 radical (unpaired) electrons. The summed E-state index contributed by atoms with van der Waals surface area (Å²) in [5, 5.41) is 0. The van der Waals surface area contributed by atoms with Crippen molar-refractivity contribution in [2.24, 2.45) is 0 Å². The molecule has 1 aliphatic heterocycles. The van der Waals surface area contributed by atoms with Crippen LogP contribution in [-0.2, 0) is 14.8 Å². The number of benzene rings is 1. The topological polar surface area (TPSA) is 46.6 Å². The van der Waals surface area contributed by atoms with Gasteiger partial charge in [-0.2, -0.15) is 0 Å². The molecule has 1 heterocycles. The average Bonchev–Trinajstić information content (AvgIpc) is 2.70. The fourth-order valence-corrected chi connectivity index (χ4v) is 4.30. The Morgan fingerprint density at radius 3 is 2.57 bits per heavy atom. The Labute approximate surface area is 125 Å². The Morgan fingerprint density at radius 2 is 1.81 bits per heavy atom. The van der Waals surface area contributed by atoms with Gasteiger partial charge in [0.05, 0.1) is 23.6 Å². The second kappa shape index (κ2) is 5.66. The lowest BCUT2D eigenvalue weighted by atomic mass is 9.99. The standard InChI is InChI=1S/C16H19NO3S/c1-13-7-9-14(10-8-13)21(18,19)17-11-4-12-20-16-6-3-2-5-15(16)17/h2-4,7-11,15-16H,5-6,12H2,1H3. The zero-order chi connectivity index (χ0) is 14.9. The summed E-state index contributed by atoms with van der Waals surface area (Å²) in [6.45, 7) is 2.40. The van der Waals surface area contributed by atoms with E-state index in [1.165, 1.54) is 4.31 Å². The van der Waals surface area contributed by atoms with E-state index in [4.69, 9.17) is 4.74 Å². The molecule has 112 valence electrons. The van der Waals surface area contributed by atoms with Gasteiger partial charge in [-0.25, -0.2) is 8.42 Å². The molecule has 0 fully saturated rings. The van der Waals surface area contributed by atoms with Gasteiger partial charge in [-0.05, 0) is 38.0 Å². The molecule has 2 aliphatic rings. The van der Waals surface area contributed by atoms with Crippen LogP contribution in [0.5, 0.6) is 0 Å². The van der Waals surface area contributed by atoms with Crippen LogP contribution in [0.15, 0.2) is 53.6 Å². The predicted octanol–water partition coefficient (Wildman–Crippen LogP) is 2.62. The van der Waals surface area contributed by atoms with Crippen LogP contribution in [-0.4, -0.2) is 31.5 Å². The highest BCUT2D eigenvalue weighted by atomic mass is 32.2. The number of sulfonamides is 1. The normalized spacial score (nSPS) is 25.5. The van der Waals surface area contributed by atoms with Crippen molar-refractivity contribution < 1.29 is 13.2 Å². The molecule has 1 aliphatic carbocycles. The van der Waals surface area contributed by atoms with E-state index in [0.29, 0.717) is 17.9 Å². The lowest BCUT2D eigenvalue weighted by molar-refractivity contribution is 0.0375. The van der Waals surface area contributed by atoms with Crippen molar-refractivity contribution >= 4 is 10.0 Å². The number of ether oxygens (including phenoxy) is 1. The number of hydrogen-bond acceptors (Lipinski definition) is 3. The largest absolute Gasteiger partial charge is 0.372 e. The van der Waals surface area contributed by atoms with Gasteiger partial charge in [-0.15, -0.1) is 0 Å². The number of nitrogens with zero attached hydrogens (tertiary/aromatic N) is 1. The van der Waals surface area contributed by atoms with Crippen molar-refractivity contribution in [2.75, 3.05) is 6.61 Å². The fraction of sp³-hybridized carbons (Fsp3) is 0.375. The molecule has 1 aromatic rings. The summed E-state index contributed by atoms with van der Waals surface area (Å²) in [4.78, 5) is 0.327. The maximum absolute atomic E-state index is 12.9. The Balaban J connectivity index is 1.99. The third kappa shape index (κ3) is 2.76. The van der Waals surface area contributed by atoms with Crippen LogP contribution in [0.3, 0.4) is 0 Å².